The zero-order valence-electron chi connectivity index (χ0n) is 14.0. The molecule has 1 amide bonds. The third-order valence-electron chi connectivity index (χ3n) is 3.41. The third-order valence-corrected chi connectivity index (χ3v) is 4.36. The van der Waals surface area contributed by atoms with Crippen LogP contribution in [0.4, 0.5) is 0 Å². The van der Waals surface area contributed by atoms with Crippen molar-refractivity contribution in [3.8, 4) is 0 Å². The Balaban J connectivity index is 0.00000441. The van der Waals surface area contributed by atoms with Crippen LogP contribution in [-0.4, -0.2) is 23.7 Å². The van der Waals surface area contributed by atoms with E-state index in [2.05, 4.69) is 26.1 Å². The van der Waals surface area contributed by atoms with Crippen LogP contribution in [0, 0.1) is 5.92 Å². The van der Waals surface area contributed by atoms with Gasteiger partial charge in [-0.3, -0.25) is 4.79 Å². The van der Waals surface area contributed by atoms with Gasteiger partial charge in [-0.1, -0.05) is 32.9 Å². The summed E-state index contributed by atoms with van der Waals surface area (Å²) in [4.78, 5) is 12.4. The van der Waals surface area contributed by atoms with E-state index in [0.717, 1.165) is 17.9 Å². The zero-order chi connectivity index (χ0) is 15.9. The molecule has 0 radical (unpaired) electrons. The zero-order valence-corrected chi connectivity index (χ0v) is 15.7. The molecule has 0 saturated heterocycles. The molecule has 0 bridgehead atoms. The molecule has 1 aromatic carbocycles. The highest BCUT2D eigenvalue weighted by Gasteiger charge is 2.26. The maximum atomic E-state index is 12.4. The van der Waals surface area contributed by atoms with Gasteiger partial charge >= 0.3 is 0 Å². The first-order valence-corrected chi connectivity index (χ1v) is 8.75. The van der Waals surface area contributed by atoms with Gasteiger partial charge in [-0.15, -0.1) is 12.4 Å². The second-order valence-corrected chi connectivity index (χ2v) is 7.43. The number of benzene rings is 1. The van der Waals surface area contributed by atoms with Gasteiger partial charge < -0.3 is 11.1 Å². The Labute approximate surface area is 145 Å². The molecule has 3 N–H and O–H groups in total. The monoisotopic (exact) mass is 344 g/mol. The molecule has 0 aromatic heterocycles. The Hall–Kier alpha value is -0.710. The Morgan fingerprint density at radius 1 is 1.32 bits per heavy atom. The largest absolute Gasteiger partial charge is 0.346 e. The lowest BCUT2D eigenvalue weighted by atomic mass is 9.90. The van der Waals surface area contributed by atoms with Crippen LogP contribution in [0.5, 0.6) is 0 Å². The van der Waals surface area contributed by atoms with E-state index in [1.165, 1.54) is 5.56 Å². The second-order valence-electron chi connectivity index (χ2n) is 6.15. The summed E-state index contributed by atoms with van der Waals surface area (Å²) in [5.41, 5.74) is 7.45. The van der Waals surface area contributed by atoms with Crippen molar-refractivity contribution in [2.75, 3.05) is 12.3 Å². The quantitative estimate of drug-likeness (QED) is 0.753. The van der Waals surface area contributed by atoms with Gasteiger partial charge in [-0.05, 0) is 42.7 Å². The highest BCUT2D eigenvalue weighted by Crippen LogP contribution is 2.17. The first-order valence-electron chi connectivity index (χ1n) is 7.59. The van der Waals surface area contributed by atoms with Crippen molar-refractivity contribution in [1.82, 2.24) is 5.32 Å². The van der Waals surface area contributed by atoms with E-state index in [9.17, 15) is 4.79 Å². The van der Waals surface area contributed by atoms with Gasteiger partial charge in [0.2, 0.25) is 0 Å². The van der Waals surface area contributed by atoms with Crippen molar-refractivity contribution in [2.24, 2.45) is 11.7 Å². The molecule has 1 unspecified atom stereocenters. The molecule has 1 aromatic rings. The fraction of sp³-hybridized carbons (Fsp3) is 0.588. The summed E-state index contributed by atoms with van der Waals surface area (Å²) in [5, 5.41) is 3.08. The SMILES string of the molecule is CCSCc1ccc(C(=O)NC(C)(CN)CC(C)C)cc1.Cl. The lowest BCUT2D eigenvalue weighted by Gasteiger charge is -2.31. The summed E-state index contributed by atoms with van der Waals surface area (Å²) in [5.74, 6) is 2.55. The Morgan fingerprint density at radius 2 is 1.91 bits per heavy atom. The van der Waals surface area contributed by atoms with Crippen LogP contribution in [0.3, 0.4) is 0 Å². The molecule has 0 aliphatic rings. The van der Waals surface area contributed by atoms with Crippen molar-refractivity contribution >= 4 is 30.1 Å². The van der Waals surface area contributed by atoms with E-state index in [1.807, 2.05) is 43.0 Å². The second kappa shape index (κ2) is 10.1. The number of amides is 1. The van der Waals surface area contributed by atoms with Crippen LogP contribution >= 0.6 is 24.2 Å². The molecule has 22 heavy (non-hydrogen) atoms. The molecule has 5 heteroatoms. The third kappa shape index (κ3) is 7.03. The fourth-order valence-corrected chi connectivity index (χ4v) is 3.04. The predicted octanol–water partition coefficient (Wildman–Crippen LogP) is 3.85. The molecule has 0 heterocycles. The fourth-order valence-electron chi connectivity index (χ4n) is 2.40. The maximum absolute atomic E-state index is 12.4. The van der Waals surface area contributed by atoms with Crippen LogP contribution in [0.15, 0.2) is 24.3 Å². The number of carbonyl (C=O) groups is 1. The van der Waals surface area contributed by atoms with Gasteiger partial charge in [-0.2, -0.15) is 11.8 Å². The minimum atomic E-state index is -0.345. The summed E-state index contributed by atoms with van der Waals surface area (Å²) < 4.78 is 0. The van der Waals surface area contributed by atoms with E-state index in [4.69, 9.17) is 5.73 Å². The maximum Gasteiger partial charge on any atom is 0.251 e. The summed E-state index contributed by atoms with van der Waals surface area (Å²) in [6.07, 6.45) is 0.875. The molecular weight excluding hydrogens is 316 g/mol. The molecule has 0 aliphatic carbocycles. The average Bonchev–Trinajstić information content (AvgIpc) is 2.44. The van der Waals surface area contributed by atoms with Crippen LogP contribution in [0.25, 0.3) is 0 Å². The highest BCUT2D eigenvalue weighted by molar-refractivity contribution is 7.98. The van der Waals surface area contributed by atoms with Crippen molar-refractivity contribution in [1.29, 1.82) is 0 Å². The van der Waals surface area contributed by atoms with Crippen molar-refractivity contribution in [2.45, 2.75) is 45.4 Å². The summed E-state index contributed by atoms with van der Waals surface area (Å²) in [6.45, 7) is 8.88. The van der Waals surface area contributed by atoms with Gasteiger partial charge in [0.05, 0.1) is 0 Å². The molecule has 0 aliphatic heterocycles. The number of carbonyl (C=O) groups excluding carboxylic acids is 1. The smallest absolute Gasteiger partial charge is 0.251 e. The van der Waals surface area contributed by atoms with E-state index < -0.39 is 0 Å². The van der Waals surface area contributed by atoms with Crippen molar-refractivity contribution < 1.29 is 4.79 Å². The molecule has 0 spiro atoms. The van der Waals surface area contributed by atoms with Gasteiger partial charge in [0.25, 0.3) is 5.91 Å². The molecule has 0 fully saturated rings. The molecule has 126 valence electrons. The molecular formula is C17H29ClN2OS. The topological polar surface area (TPSA) is 55.1 Å². The molecule has 1 atom stereocenters. The summed E-state index contributed by atoms with van der Waals surface area (Å²) in [7, 11) is 0. The Morgan fingerprint density at radius 3 is 2.36 bits per heavy atom. The number of thioether (sulfide) groups is 1. The van der Waals surface area contributed by atoms with Crippen LogP contribution < -0.4 is 11.1 Å². The predicted molar refractivity (Wildman–Crippen MR) is 99.9 cm³/mol. The summed E-state index contributed by atoms with van der Waals surface area (Å²) >= 11 is 1.88. The highest BCUT2D eigenvalue weighted by atomic mass is 35.5. The lowest BCUT2D eigenvalue weighted by Crippen LogP contribution is -2.52. The molecule has 3 nitrogen and oxygen atoms in total. The molecule has 1 rings (SSSR count). The Kier molecular flexibility index (Phi) is 9.81. The Bertz CT molecular complexity index is 450. The van der Waals surface area contributed by atoms with Gasteiger partial charge in [-0.25, -0.2) is 0 Å². The standard InChI is InChI=1S/C17H28N2OS.ClH/c1-5-21-11-14-6-8-15(9-7-14)16(20)19-17(4,12-18)10-13(2)3;/h6-9,13H,5,10-12,18H2,1-4H3,(H,19,20);1H. The number of halogens is 1. The number of rotatable bonds is 8. The number of hydrogen-bond acceptors (Lipinski definition) is 3. The average molecular weight is 345 g/mol. The summed E-state index contributed by atoms with van der Waals surface area (Å²) in [6, 6.07) is 7.85. The number of hydrogen-bond donors (Lipinski definition) is 2. The minimum Gasteiger partial charge on any atom is -0.346 e. The van der Waals surface area contributed by atoms with Crippen molar-refractivity contribution in [3.63, 3.8) is 0 Å². The van der Waals surface area contributed by atoms with Gasteiger partial charge in [0, 0.05) is 23.4 Å². The van der Waals surface area contributed by atoms with Crippen LogP contribution in [-0.2, 0) is 5.75 Å². The number of nitrogens with one attached hydrogen (secondary N) is 1. The first-order chi connectivity index (χ1) is 9.90. The van der Waals surface area contributed by atoms with Crippen molar-refractivity contribution in [3.05, 3.63) is 35.4 Å². The van der Waals surface area contributed by atoms with E-state index in [1.54, 1.807) is 0 Å². The van der Waals surface area contributed by atoms with Gasteiger partial charge in [0.1, 0.15) is 0 Å². The first kappa shape index (κ1) is 21.3. The van der Waals surface area contributed by atoms with Crippen LogP contribution in [0.1, 0.15) is 50.0 Å². The minimum absolute atomic E-state index is 0. The van der Waals surface area contributed by atoms with E-state index >= 15 is 0 Å². The van der Waals surface area contributed by atoms with Gasteiger partial charge in [0.15, 0.2) is 0 Å². The normalized spacial score (nSPS) is 13.4. The molecule has 0 saturated carbocycles. The number of nitrogens with two attached hydrogens (primary N) is 1. The lowest BCUT2D eigenvalue weighted by molar-refractivity contribution is 0.0898. The van der Waals surface area contributed by atoms with E-state index in [-0.39, 0.29) is 23.9 Å². The van der Waals surface area contributed by atoms with E-state index in [0.29, 0.717) is 18.0 Å². The van der Waals surface area contributed by atoms with Crippen LogP contribution in [0.2, 0.25) is 0 Å².